The molecule has 3 nitrogen and oxygen atoms in total. The van der Waals surface area contributed by atoms with Crippen molar-refractivity contribution >= 4 is 0 Å². The van der Waals surface area contributed by atoms with Crippen LogP contribution in [0.2, 0.25) is 0 Å². The summed E-state index contributed by atoms with van der Waals surface area (Å²) in [5, 5.41) is 8.27. The predicted octanol–water partition coefficient (Wildman–Crippen LogP) is 3.67. The molecule has 1 saturated heterocycles. The Morgan fingerprint density at radius 2 is 1.79 bits per heavy atom. The van der Waals surface area contributed by atoms with Crippen molar-refractivity contribution in [2.75, 3.05) is 6.54 Å². The fourth-order valence-corrected chi connectivity index (χ4v) is 3.88. The molecule has 2 fully saturated rings. The maximum absolute atomic E-state index is 4.57. The molecule has 1 atom stereocenters. The van der Waals surface area contributed by atoms with Crippen LogP contribution in [0, 0.1) is 0 Å². The summed E-state index contributed by atoms with van der Waals surface area (Å²) in [6.45, 7) is 1.17. The fraction of sp³-hybridized carbons (Fsp3) is 0.812. The molecule has 1 N–H and O–H groups in total. The Bertz CT molecular complexity index is 396. The van der Waals surface area contributed by atoms with E-state index in [0.717, 1.165) is 5.92 Å². The van der Waals surface area contributed by atoms with Crippen molar-refractivity contribution in [1.82, 2.24) is 15.1 Å². The number of rotatable bonds is 2. The fourth-order valence-electron chi connectivity index (χ4n) is 3.88. The van der Waals surface area contributed by atoms with Gasteiger partial charge in [0, 0.05) is 13.1 Å². The molecule has 0 bridgehead atoms. The molecular formula is C16H27N3. The van der Waals surface area contributed by atoms with Crippen molar-refractivity contribution < 1.29 is 0 Å². The minimum Gasteiger partial charge on any atom is -0.309 e. The summed E-state index contributed by atoms with van der Waals surface area (Å²) in [6, 6.07) is 0.541. The summed E-state index contributed by atoms with van der Waals surface area (Å²) in [6.07, 6.45) is 14.5. The van der Waals surface area contributed by atoms with E-state index in [0.29, 0.717) is 6.04 Å². The van der Waals surface area contributed by atoms with E-state index in [2.05, 4.69) is 28.3 Å². The topological polar surface area (TPSA) is 29.9 Å². The van der Waals surface area contributed by atoms with Crippen LogP contribution in [0.5, 0.6) is 0 Å². The van der Waals surface area contributed by atoms with Gasteiger partial charge in [-0.15, -0.1) is 0 Å². The molecule has 106 valence electrons. The van der Waals surface area contributed by atoms with E-state index < -0.39 is 0 Å². The van der Waals surface area contributed by atoms with Gasteiger partial charge >= 0.3 is 0 Å². The Labute approximate surface area is 116 Å². The van der Waals surface area contributed by atoms with Gasteiger partial charge in [0.2, 0.25) is 0 Å². The number of hydrogen-bond donors (Lipinski definition) is 1. The first-order valence-corrected chi connectivity index (χ1v) is 8.11. The number of aryl methyl sites for hydroxylation is 1. The van der Waals surface area contributed by atoms with Crippen molar-refractivity contribution in [3.05, 3.63) is 17.5 Å². The second-order valence-corrected chi connectivity index (χ2v) is 6.30. The highest BCUT2D eigenvalue weighted by atomic mass is 15.3. The number of piperidine rings is 1. The molecule has 0 amide bonds. The van der Waals surface area contributed by atoms with Gasteiger partial charge in [0.05, 0.1) is 11.9 Å². The number of hydrogen-bond acceptors (Lipinski definition) is 2. The van der Waals surface area contributed by atoms with Crippen LogP contribution < -0.4 is 5.32 Å². The molecule has 1 saturated carbocycles. The van der Waals surface area contributed by atoms with Crippen molar-refractivity contribution in [3.63, 3.8) is 0 Å². The first kappa shape index (κ1) is 13.2. The van der Waals surface area contributed by atoms with Crippen LogP contribution in [0.3, 0.4) is 0 Å². The quantitative estimate of drug-likeness (QED) is 0.823. The van der Waals surface area contributed by atoms with Crippen molar-refractivity contribution in [1.29, 1.82) is 0 Å². The van der Waals surface area contributed by atoms with Gasteiger partial charge in [0.25, 0.3) is 0 Å². The summed E-state index contributed by atoms with van der Waals surface area (Å²) < 4.78 is 2.13. The maximum Gasteiger partial charge on any atom is 0.0585 e. The third-order valence-corrected chi connectivity index (χ3v) is 4.95. The van der Waals surface area contributed by atoms with E-state index in [-0.39, 0.29) is 0 Å². The normalized spacial score (nSPS) is 26.3. The molecule has 1 aliphatic heterocycles. The van der Waals surface area contributed by atoms with Crippen molar-refractivity contribution in [2.45, 2.75) is 69.7 Å². The highest BCUT2D eigenvalue weighted by Crippen LogP contribution is 2.36. The third-order valence-electron chi connectivity index (χ3n) is 4.95. The van der Waals surface area contributed by atoms with Gasteiger partial charge in [-0.3, -0.25) is 4.68 Å². The van der Waals surface area contributed by atoms with Crippen LogP contribution in [0.15, 0.2) is 6.20 Å². The molecule has 3 rings (SSSR count). The SMILES string of the molecule is Cn1ncc(C2CCCCCC2)c1C1CCCCN1. The molecule has 0 radical (unpaired) electrons. The summed E-state index contributed by atoms with van der Waals surface area (Å²) in [7, 11) is 2.12. The molecule has 0 aromatic carbocycles. The number of nitrogens with zero attached hydrogens (tertiary/aromatic N) is 2. The predicted molar refractivity (Wildman–Crippen MR) is 78.2 cm³/mol. The average molecular weight is 261 g/mol. The van der Waals surface area contributed by atoms with Crippen LogP contribution in [-0.2, 0) is 7.05 Å². The van der Waals surface area contributed by atoms with Crippen LogP contribution in [0.4, 0.5) is 0 Å². The monoisotopic (exact) mass is 261 g/mol. The molecule has 1 aliphatic carbocycles. The van der Waals surface area contributed by atoms with E-state index in [1.54, 1.807) is 5.56 Å². The maximum atomic E-state index is 4.57. The molecular weight excluding hydrogens is 234 g/mol. The lowest BCUT2D eigenvalue weighted by Crippen LogP contribution is -2.29. The molecule has 3 heteroatoms. The molecule has 1 aromatic heterocycles. The minimum atomic E-state index is 0.541. The lowest BCUT2D eigenvalue weighted by atomic mass is 9.88. The zero-order valence-electron chi connectivity index (χ0n) is 12.2. The Kier molecular flexibility index (Phi) is 4.21. The van der Waals surface area contributed by atoms with Crippen LogP contribution in [0.1, 0.15) is 81.0 Å². The molecule has 0 spiro atoms. The smallest absolute Gasteiger partial charge is 0.0585 e. The lowest BCUT2D eigenvalue weighted by Gasteiger charge is -2.26. The largest absolute Gasteiger partial charge is 0.309 e. The molecule has 19 heavy (non-hydrogen) atoms. The van der Waals surface area contributed by atoms with Gasteiger partial charge in [-0.2, -0.15) is 5.10 Å². The van der Waals surface area contributed by atoms with Gasteiger partial charge < -0.3 is 5.32 Å². The van der Waals surface area contributed by atoms with E-state index in [9.17, 15) is 0 Å². The minimum absolute atomic E-state index is 0.541. The summed E-state index contributed by atoms with van der Waals surface area (Å²) in [4.78, 5) is 0. The summed E-state index contributed by atoms with van der Waals surface area (Å²) in [5.74, 6) is 0.759. The van der Waals surface area contributed by atoms with E-state index in [1.165, 1.54) is 70.0 Å². The first-order valence-electron chi connectivity index (χ1n) is 8.11. The van der Waals surface area contributed by atoms with Gasteiger partial charge in [-0.05, 0) is 43.7 Å². The second-order valence-electron chi connectivity index (χ2n) is 6.30. The summed E-state index contributed by atoms with van der Waals surface area (Å²) >= 11 is 0. The van der Waals surface area contributed by atoms with Crippen LogP contribution in [-0.4, -0.2) is 16.3 Å². The second kappa shape index (κ2) is 6.08. The molecule has 1 unspecified atom stereocenters. The summed E-state index contributed by atoms with van der Waals surface area (Å²) in [5.41, 5.74) is 3.02. The van der Waals surface area contributed by atoms with Gasteiger partial charge in [0.15, 0.2) is 0 Å². The average Bonchev–Trinajstić information content (AvgIpc) is 2.67. The zero-order valence-corrected chi connectivity index (χ0v) is 12.2. The zero-order chi connectivity index (χ0) is 13.1. The van der Waals surface area contributed by atoms with Crippen molar-refractivity contribution in [2.24, 2.45) is 7.05 Å². The lowest BCUT2D eigenvalue weighted by molar-refractivity contribution is 0.388. The van der Waals surface area contributed by atoms with Crippen LogP contribution in [0.25, 0.3) is 0 Å². The standard InChI is InChI=1S/C16H27N3/c1-19-16(15-10-6-7-11-17-15)14(12-18-19)13-8-4-2-3-5-9-13/h12-13,15,17H,2-11H2,1H3. The van der Waals surface area contributed by atoms with Gasteiger partial charge in [-0.25, -0.2) is 0 Å². The van der Waals surface area contributed by atoms with E-state index in [4.69, 9.17) is 0 Å². The Morgan fingerprint density at radius 3 is 2.47 bits per heavy atom. The van der Waals surface area contributed by atoms with Gasteiger partial charge in [-0.1, -0.05) is 32.1 Å². The Balaban J connectivity index is 1.84. The molecule has 2 heterocycles. The molecule has 2 aliphatic rings. The first-order chi connectivity index (χ1) is 9.36. The van der Waals surface area contributed by atoms with Gasteiger partial charge in [0.1, 0.15) is 0 Å². The molecule has 1 aromatic rings. The highest BCUT2D eigenvalue weighted by molar-refractivity contribution is 5.26. The van der Waals surface area contributed by atoms with E-state index in [1.807, 2.05) is 0 Å². The van der Waals surface area contributed by atoms with Crippen LogP contribution >= 0.6 is 0 Å². The number of nitrogens with one attached hydrogen (secondary N) is 1. The Morgan fingerprint density at radius 1 is 1.05 bits per heavy atom. The van der Waals surface area contributed by atoms with E-state index >= 15 is 0 Å². The number of aromatic nitrogens is 2. The third kappa shape index (κ3) is 2.86. The van der Waals surface area contributed by atoms with Crippen molar-refractivity contribution in [3.8, 4) is 0 Å². The highest BCUT2D eigenvalue weighted by Gasteiger charge is 2.26. The Hall–Kier alpha value is -0.830.